The number of ether oxygens (including phenoxy) is 1. The third kappa shape index (κ3) is 3.34. The fourth-order valence-corrected chi connectivity index (χ4v) is 1.53. The number of carbonyl (C=O) groups excluding carboxylic acids is 1. The summed E-state index contributed by atoms with van der Waals surface area (Å²) in [5, 5.41) is 0. The van der Waals surface area contributed by atoms with Gasteiger partial charge in [-0.05, 0) is 27.3 Å². The molecule has 0 aromatic rings. The lowest BCUT2D eigenvalue weighted by Crippen LogP contribution is -2.35. The van der Waals surface area contributed by atoms with Gasteiger partial charge in [0.25, 0.3) is 0 Å². The molecule has 1 saturated heterocycles. The largest absolute Gasteiger partial charge is 0.444 e. The van der Waals surface area contributed by atoms with Gasteiger partial charge in [0.1, 0.15) is 11.8 Å². The summed E-state index contributed by atoms with van der Waals surface area (Å²) in [5.41, 5.74) is 4.86. The van der Waals surface area contributed by atoms with E-state index in [9.17, 15) is 9.18 Å². The van der Waals surface area contributed by atoms with Crippen molar-refractivity contribution in [2.75, 3.05) is 19.6 Å². The molecule has 0 bridgehead atoms. The Kier molecular flexibility index (Phi) is 3.54. The topological polar surface area (TPSA) is 55.6 Å². The van der Waals surface area contributed by atoms with Crippen molar-refractivity contribution in [3.05, 3.63) is 0 Å². The van der Waals surface area contributed by atoms with Crippen LogP contribution in [-0.2, 0) is 4.74 Å². The monoisotopic (exact) mass is 218 g/mol. The zero-order chi connectivity index (χ0) is 11.6. The Morgan fingerprint density at radius 2 is 2.13 bits per heavy atom. The number of hydrogen-bond donors (Lipinski definition) is 1. The van der Waals surface area contributed by atoms with E-state index in [1.54, 1.807) is 20.8 Å². The van der Waals surface area contributed by atoms with Crippen molar-refractivity contribution in [3.63, 3.8) is 0 Å². The van der Waals surface area contributed by atoms with E-state index in [0.717, 1.165) is 0 Å². The van der Waals surface area contributed by atoms with Crippen LogP contribution < -0.4 is 5.73 Å². The fraction of sp³-hybridized carbons (Fsp3) is 0.900. The maximum atomic E-state index is 13.3. The number of nitrogens with zero attached hydrogens (tertiary/aromatic N) is 1. The highest BCUT2D eigenvalue weighted by Gasteiger charge is 2.36. The van der Waals surface area contributed by atoms with Crippen LogP contribution in [0.1, 0.15) is 20.8 Å². The Bertz CT molecular complexity index is 240. The summed E-state index contributed by atoms with van der Waals surface area (Å²) in [6.07, 6.45) is -1.48. The molecule has 2 N–H and O–H groups in total. The molecule has 4 nitrogen and oxygen atoms in total. The molecule has 1 rings (SSSR count). The number of nitrogens with two attached hydrogens (primary N) is 1. The summed E-state index contributed by atoms with van der Waals surface area (Å²) in [4.78, 5) is 12.9. The molecule has 5 heteroatoms. The van der Waals surface area contributed by atoms with Crippen LogP contribution >= 0.6 is 0 Å². The Labute approximate surface area is 89.6 Å². The average molecular weight is 218 g/mol. The number of halogens is 1. The molecule has 1 amide bonds. The summed E-state index contributed by atoms with van der Waals surface area (Å²) in [5.74, 6) is -0.252. The van der Waals surface area contributed by atoms with Gasteiger partial charge in [-0.3, -0.25) is 0 Å². The standard InChI is InChI=1S/C10H19FN2O2/c1-10(2,3)15-9(14)13-5-7(4-12)8(11)6-13/h7-8H,4-6,12H2,1-3H3/t7-,8-/m1/s1. The van der Waals surface area contributed by atoms with E-state index in [2.05, 4.69) is 0 Å². The average Bonchev–Trinajstić information content (AvgIpc) is 2.43. The van der Waals surface area contributed by atoms with Crippen molar-refractivity contribution < 1.29 is 13.9 Å². The molecule has 0 aliphatic carbocycles. The van der Waals surface area contributed by atoms with Gasteiger partial charge in [-0.25, -0.2) is 9.18 Å². The predicted octanol–water partition coefficient (Wildman–Crippen LogP) is 1.15. The van der Waals surface area contributed by atoms with E-state index in [4.69, 9.17) is 10.5 Å². The van der Waals surface area contributed by atoms with Crippen LogP contribution in [0.3, 0.4) is 0 Å². The summed E-state index contributed by atoms with van der Waals surface area (Å²) >= 11 is 0. The molecule has 2 atom stereocenters. The number of hydrogen-bond acceptors (Lipinski definition) is 3. The van der Waals surface area contributed by atoms with Crippen LogP contribution in [0.2, 0.25) is 0 Å². The smallest absolute Gasteiger partial charge is 0.410 e. The van der Waals surface area contributed by atoms with Gasteiger partial charge in [0.05, 0.1) is 6.54 Å². The first-order valence-electron chi connectivity index (χ1n) is 5.15. The molecule has 1 aliphatic rings. The molecule has 88 valence electrons. The van der Waals surface area contributed by atoms with Crippen molar-refractivity contribution in [1.29, 1.82) is 0 Å². The van der Waals surface area contributed by atoms with Gasteiger partial charge in [0, 0.05) is 12.5 Å². The molecule has 1 fully saturated rings. The van der Waals surface area contributed by atoms with Crippen molar-refractivity contribution in [2.24, 2.45) is 11.7 Å². The molecule has 15 heavy (non-hydrogen) atoms. The van der Waals surface area contributed by atoms with Gasteiger partial charge >= 0.3 is 6.09 Å². The molecular formula is C10H19FN2O2. The van der Waals surface area contributed by atoms with Gasteiger partial charge in [0.15, 0.2) is 0 Å². The maximum Gasteiger partial charge on any atom is 0.410 e. The van der Waals surface area contributed by atoms with E-state index < -0.39 is 17.9 Å². The first-order chi connectivity index (χ1) is 6.83. The van der Waals surface area contributed by atoms with E-state index in [0.29, 0.717) is 6.54 Å². The normalized spacial score (nSPS) is 26.9. The number of carbonyl (C=O) groups is 1. The minimum Gasteiger partial charge on any atom is -0.444 e. The zero-order valence-corrected chi connectivity index (χ0v) is 9.50. The van der Waals surface area contributed by atoms with E-state index >= 15 is 0 Å². The molecule has 0 saturated carbocycles. The molecule has 0 radical (unpaired) electrons. The van der Waals surface area contributed by atoms with Gasteiger partial charge in [-0.2, -0.15) is 0 Å². The van der Waals surface area contributed by atoms with Crippen molar-refractivity contribution >= 4 is 6.09 Å². The second-order valence-corrected chi connectivity index (χ2v) is 4.90. The second kappa shape index (κ2) is 4.35. The lowest BCUT2D eigenvalue weighted by atomic mass is 10.1. The van der Waals surface area contributed by atoms with Crippen LogP contribution in [0.4, 0.5) is 9.18 Å². The zero-order valence-electron chi connectivity index (χ0n) is 9.50. The number of amides is 1. The van der Waals surface area contributed by atoms with E-state index in [-0.39, 0.29) is 19.0 Å². The molecule has 0 aromatic heterocycles. The Morgan fingerprint density at radius 1 is 1.53 bits per heavy atom. The Morgan fingerprint density at radius 3 is 2.53 bits per heavy atom. The highest BCUT2D eigenvalue weighted by Crippen LogP contribution is 2.21. The van der Waals surface area contributed by atoms with E-state index in [1.807, 2.05) is 0 Å². The van der Waals surface area contributed by atoms with Gasteiger partial charge in [0.2, 0.25) is 0 Å². The fourth-order valence-electron chi connectivity index (χ4n) is 1.53. The number of alkyl halides is 1. The van der Waals surface area contributed by atoms with Crippen molar-refractivity contribution in [1.82, 2.24) is 4.90 Å². The van der Waals surface area contributed by atoms with Crippen LogP contribution in [0.25, 0.3) is 0 Å². The van der Waals surface area contributed by atoms with Crippen LogP contribution in [0.5, 0.6) is 0 Å². The van der Waals surface area contributed by atoms with Crippen LogP contribution in [-0.4, -0.2) is 42.4 Å². The highest BCUT2D eigenvalue weighted by atomic mass is 19.1. The second-order valence-electron chi connectivity index (χ2n) is 4.90. The minimum atomic E-state index is -1.03. The molecule has 0 spiro atoms. The number of rotatable bonds is 1. The lowest BCUT2D eigenvalue weighted by Gasteiger charge is -2.24. The quantitative estimate of drug-likeness (QED) is 0.718. The van der Waals surface area contributed by atoms with Crippen molar-refractivity contribution in [3.8, 4) is 0 Å². The molecular weight excluding hydrogens is 199 g/mol. The lowest BCUT2D eigenvalue weighted by molar-refractivity contribution is 0.0281. The molecule has 0 aromatic carbocycles. The summed E-state index contributed by atoms with van der Waals surface area (Å²) in [6, 6.07) is 0. The molecule has 1 heterocycles. The predicted molar refractivity (Wildman–Crippen MR) is 55.2 cm³/mol. The minimum absolute atomic E-state index is 0.0940. The van der Waals surface area contributed by atoms with Crippen LogP contribution in [0.15, 0.2) is 0 Å². The first-order valence-corrected chi connectivity index (χ1v) is 5.15. The Hall–Kier alpha value is -0.840. The first kappa shape index (κ1) is 12.2. The maximum absolute atomic E-state index is 13.3. The summed E-state index contributed by atoms with van der Waals surface area (Å²) < 4.78 is 18.4. The summed E-state index contributed by atoms with van der Waals surface area (Å²) in [6.45, 7) is 6.07. The summed E-state index contributed by atoms with van der Waals surface area (Å²) in [7, 11) is 0. The van der Waals surface area contributed by atoms with Gasteiger partial charge in [-0.1, -0.05) is 0 Å². The molecule has 1 aliphatic heterocycles. The van der Waals surface area contributed by atoms with Gasteiger partial charge in [-0.15, -0.1) is 0 Å². The van der Waals surface area contributed by atoms with Crippen molar-refractivity contribution in [2.45, 2.75) is 32.5 Å². The third-order valence-electron chi connectivity index (χ3n) is 2.32. The van der Waals surface area contributed by atoms with E-state index in [1.165, 1.54) is 4.90 Å². The third-order valence-corrected chi connectivity index (χ3v) is 2.32. The highest BCUT2D eigenvalue weighted by molar-refractivity contribution is 5.68. The molecule has 0 unspecified atom stereocenters. The van der Waals surface area contributed by atoms with Crippen LogP contribution in [0, 0.1) is 5.92 Å². The Balaban J connectivity index is 2.50. The SMILES string of the molecule is CC(C)(C)OC(=O)N1C[C@@H](CN)[C@H](F)C1. The van der Waals surface area contributed by atoms with Gasteiger partial charge < -0.3 is 15.4 Å². The number of likely N-dealkylation sites (tertiary alicyclic amines) is 1.